The summed E-state index contributed by atoms with van der Waals surface area (Å²) in [6, 6.07) is 0. The topological polar surface area (TPSA) is 99.2 Å². The Bertz CT molecular complexity index is 434. The zero-order chi connectivity index (χ0) is 13.8. The Balaban J connectivity index is 2.31. The highest BCUT2D eigenvalue weighted by atomic mass is 16.5. The lowest BCUT2D eigenvalue weighted by atomic mass is 10.1. The van der Waals surface area contributed by atoms with Crippen LogP contribution in [-0.4, -0.2) is 33.8 Å². The maximum Gasteiger partial charge on any atom is 0.328 e. The molecule has 0 fully saturated rings. The molecule has 3 N–H and O–H groups in total. The lowest BCUT2D eigenvalue weighted by Gasteiger charge is -2.20. The highest BCUT2D eigenvalue weighted by Crippen LogP contribution is 1.99. The zero-order valence-electron chi connectivity index (χ0n) is 10.8. The van der Waals surface area contributed by atoms with Crippen molar-refractivity contribution >= 4 is 17.6 Å². The second-order valence-corrected chi connectivity index (χ2v) is 4.93. The molecule has 100 valence electrons. The Labute approximate surface area is 105 Å². The number of anilines is 1. The van der Waals surface area contributed by atoms with Gasteiger partial charge in [-0.2, -0.15) is 5.10 Å². The maximum atomic E-state index is 11.4. The van der Waals surface area contributed by atoms with Crippen LogP contribution >= 0.6 is 0 Å². The minimum Gasteiger partial charge on any atom is -0.454 e. The van der Waals surface area contributed by atoms with Gasteiger partial charge in [0.25, 0.3) is 5.91 Å². The summed E-state index contributed by atoms with van der Waals surface area (Å²) < 4.78 is 6.16. The van der Waals surface area contributed by atoms with E-state index in [-0.39, 0.29) is 24.6 Å². The highest BCUT2D eigenvalue weighted by molar-refractivity contribution is 5.80. The number of carbonyl (C=O) groups is 2. The Kier molecular flexibility index (Phi) is 4.30. The first-order chi connectivity index (χ1) is 8.26. The van der Waals surface area contributed by atoms with Crippen molar-refractivity contribution in [3.8, 4) is 0 Å². The summed E-state index contributed by atoms with van der Waals surface area (Å²) >= 11 is 0. The maximum absolute atomic E-state index is 11.4. The lowest BCUT2D eigenvalue weighted by Crippen LogP contribution is -2.42. The fourth-order valence-corrected chi connectivity index (χ4v) is 1.24. The van der Waals surface area contributed by atoms with Crippen molar-refractivity contribution in [3.05, 3.63) is 12.4 Å². The first kappa shape index (κ1) is 14.0. The molecule has 1 aromatic rings. The van der Waals surface area contributed by atoms with Gasteiger partial charge in [-0.25, -0.2) is 0 Å². The minimum atomic E-state index is -0.540. The summed E-state index contributed by atoms with van der Waals surface area (Å²) in [4.78, 5) is 22.8. The van der Waals surface area contributed by atoms with Gasteiger partial charge in [-0.3, -0.25) is 14.3 Å². The molecular weight excluding hydrogens is 236 g/mol. The van der Waals surface area contributed by atoms with Crippen LogP contribution < -0.4 is 11.1 Å². The molecule has 1 amide bonds. The summed E-state index contributed by atoms with van der Waals surface area (Å²) in [6.07, 6.45) is 2.94. The third-order valence-corrected chi connectivity index (χ3v) is 1.82. The summed E-state index contributed by atoms with van der Waals surface area (Å²) in [6.45, 7) is 5.17. The number of ether oxygens (including phenoxy) is 1. The van der Waals surface area contributed by atoms with Crippen molar-refractivity contribution in [1.82, 2.24) is 15.1 Å². The number of esters is 1. The van der Waals surface area contributed by atoms with Gasteiger partial charge in [0.1, 0.15) is 6.54 Å². The van der Waals surface area contributed by atoms with Gasteiger partial charge in [0, 0.05) is 11.7 Å². The van der Waals surface area contributed by atoms with Gasteiger partial charge in [-0.15, -0.1) is 0 Å². The van der Waals surface area contributed by atoms with Crippen molar-refractivity contribution in [2.75, 3.05) is 12.3 Å². The number of hydrogen-bond donors (Lipinski definition) is 2. The van der Waals surface area contributed by atoms with Gasteiger partial charge in [-0.05, 0) is 20.8 Å². The van der Waals surface area contributed by atoms with Crippen LogP contribution in [0.15, 0.2) is 12.4 Å². The fraction of sp³-hybridized carbons (Fsp3) is 0.545. The number of carbonyl (C=O) groups excluding carboxylic acids is 2. The van der Waals surface area contributed by atoms with Crippen LogP contribution in [0.3, 0.4) is 0 Å². The van der Waals surface area contributed by atoms with Crippen LogP contribution in [-0.2, 0) is 20.9 Å². The van der Waals surface area contributed by atoms with Crippen LogP contribution in [0.2, 0.25) is 0 Å². The second kappa shape index (κ2) is 5.52. The number of amides is 1. The van der Waals surface area contributed by atoms with Crippen molar-refractivity contribution in [3.63, 3.8) is 0 Å². The minimum absolute atomic E-state index is 0.0694. The Morgan fingerprint density at radius 2 is 2.17 bits per heavy atom. The molecule has 1 rings (SSSR count). The van der Waals surface area contributed by atoms with E-state index in [1.807, 2.05) is 20.8 Å². The van der Waals surface area contributed by atoms with E-state index in [0.29, 0.717) is 5.69 Å². The molecule has 18 heavy (non-hydrogen) atoms. The van der Waals surface area contributed by atoms with Gasteiger partial charge in [0.05, 0.1) is 11.9 Å². The Morgan fingerprint density at radius 1 is 1.50 bits per heavy atom. The molecule has 0 aromatic carbocycles. The monoisotopic (exact) mass is 254 g/mol. The molecule has 0 atom stereocenters. The molecule has 0 bridgehead atoms. The Morgan fingerprint density at radius 3 is 2.67 bits per heavy atom. The van der Waals surface area contributed by atoms with Crippen LogP contribution in [0, 0.1) is 0 Å². The van der Waals surface area contributed by atoms with Gasteiger partial charge >= 0.3 is 5.97 Å². The lowest BCUT2D eigenvalue weighted by molar-refractivity contribution is -0.149. The van der Waals surface area contributed by atoms with Crippen molar-refractivity contribution in [2.24, 2.45) is 0 Å². The third-order valence-electron chi connectivity index (χ3n) is 1.82. The molecule has 0 aliphatic rings. The summed E-state index contributed by atoms with van der Waals surface area (Å²) in [7, 11) is 0. The molecular formula is C11H18N4O3. The van der Waals surface area contributed by atoms with Crippen LogP contribution in [0.1, 0.15) is 20.8 Å². The molecule has 0 aliphatic heterocycles. The second-order valence-electron chi connectivity index (χ2n) is 4.93. The van der Waals surface area contributed by atoms with E-state index in [9.17, 15) is 9.59 Å². The number of hydrogen-bond acceptors (Lipinski definition) is 5. The largest absolute Gasteiger partial charge is 0.454 e. The molecule has 0 radical (unpaired) electrons. The average Bonchev–Trinajstić information content (AvgIpc) is 2.58. The van der Waals surface area contributed by atoms with E-state index < -0.39 is 5.97 Å². The van der Waals surface area contributed by atoms with Gasteiger partial charge in [-0.1, -0.05) is 0 Å². The van der Waals surface area contributed by atoms with Crippen LogP contribution in [0.5, 0.6) is 0 Å². The molecule has 0 unspecified atom stereocenters. The summed E-state index contributed by atoms with van der Waals surface area (Å²) in [5.74, 6) is -0.877. The molecule has 7 nitrogen and oxygen atoms in total. The zero-order valence-corrected chi connectivity index (χ0v) is 10.8. The van der Waals surface area contributed by atoms with Crippen LogP contribution in [0.25, 0.3) is 0 Å². The number of aromatic nitrogens is 2. The number of nitrogens with two attached hydrogens (primary N) is 1. The van der Waals surface area contributed by atoms with E-state index in [1.54, 1.807) is 0 Å². The first-order valence-corrected chi connectivity index (χ1v) is 5.51. The predicted octanol–water partition coefficient (Wildman–Crippen LogP) is -0.0768. The van der Waals surface area contributed by atoms with Crippen molar-refractivity contribution < 1.29 is 14.3 Å². The molecule has 0 saturated heterocycles. The number of nitrogens with zero attached hydrogens (tertiary/aromatic N) is 2. The van der Waals surface area contributed by atoms with Crippen molar-refractivity contribution in [1.29, 1.82) is 0 Å². The standard InChI is InChI=1S/C11H18N4O3/c1-11(2,3)14-9(16)7-18-10(17)6-15-5-8(12)4-13-15/h4-5H,6-7,12H2,1-3H3,(H,14,16). The predicted molar refractivity (Wildman–Crippen MR) is 65.5 cm³/mol. The van der Waals surface area contributed by atoms with Crippen LogP contribution in [0.4, 0.5) is 5.69 Å². The highest BCUT2D eigenvalue weighted by Gasteiger charge is 2.15. The van der Waals surface area contributed by atoms with E-state index in [4.69, 9.17) is 10.5 Å². The quantitative estimate of drug-likeness (QED) is 0.732. The van der Waals surface area contributed by atoms with E-state index in [0.717, 1.165) is 0 Å². The van der Waals surface area contributed by atoms with Gasteiger partial charge in [0.15, 0.2) is 6.61 Å². The molecule has 7 heteroatoms. The first-order valence-electron chi connectivity index (χ1n) is 5.51. The Hall–Kier alpha value is -2.05. The number of rotatable bonds is 4. The molecule has 0 saturated carbocycles. The number of nitrogen functional groups attached to an aromatic ring is 1. The van der Waals surface area contributed by atoms with Gasteiger partial charge < -0.3 is 15.8 Å². The smallest absolute Gasteiger partial charge is 0.328 e. The molecule has 0 spiro atoms. The normalized spacial score (nSPS) is 11.1. The molecule has 1 heterocycles. The SMILES string of the molecule is CC(C)(C)NC(=O)COC(=O)Cn1cc(N)cn1. The average molecular weight is 254 g/mol. The third kappa shape index (κ3) is 5.33. The molecule has 1 aromatic heterocycles. The van der Waals surface area contributed by atoms with Crippen molar-refractivity contribution in [2.45, 2.75) is 32.9 Å². The van der Waals surface area contributed by atoms with E-state index in [2.05, 4.69) is 10.4 Å². The number of nitrogens with one attached hydrogen (secondary N) is 1. The molecule has 0 aliphatic carbocycles. The van der Waals surface area contributed by atoms with E-state index in [1.165, 1.54) is 17.1 Å². The van der Waals surface area contributed by atoms with E-state index >= 15 is 0 Å². The van der Waals surface area contributed by atoms with Gasteiger partial charge in [0.2, 0.25) is 0 Å². The fourth-order valence-electron chi connectivity index (χ4n) is 1.24. The summed E-state index contributed by atoms with van der Waals surface area (Å²) in [5.41, 5.74) is 5.57. The summed E-state index contributed by atoms with van der Waals surface area (Å²) in [5, 5.41) is 6.52.